The Balaban J connectivity index is 1.28. The number of benzene rings is 8. The van der Waals surface area contributed by atoms with Gasteiger partial charge in [0.15, 0.2) is 0 Å². The van der Waals surface area contributed by atoms with E-state index >= 15 is 0 Å². The molecule has 51 heavy (non-hydrogen) atoms. The van der Waals surface area contributed by atoms with E-state index < -0.39 is 0 Å². The molecule has 11 aromatic rings. The van der Waals surface area contributed by atoms with Gasteiger partial charge in [0.25, 0.3) is 0 Å². The van der Waals surface area contributed by atoms with Crippen LogP contribution in [0.2, 0.25) is 0 Å². The summed E-state index contributed by atoms with van der Waals surface area (Å²) in [6.45, 7) is 0. The summed E-state index contributed by atoms with van der Waals surface area (Å²) in [6, 6.07) is 67.2. The summed E-state index contributed by atoms with van der Waals surface area (Å²) in [6.07, 6.45) is 0. The number of fused-ring (bicyclic) bond motifs is 9. The zero-order valence-corrected chi connectivity index (χ0v) is 29.3. The number of hydrogen-bond donors (Lipinski definition) is 0. The van der Waals surface area contributed by atoms with Gasteiger partial charge in [-0.25, -0.2) is 0 Å². The Hall–Kier alpha value is -6.12. The molecule has 11 rings (SSSR count). The zero-order valence-electron chi connectivity index (χ0n) is 27.6. The van der Waals surface area contributed by atoms with Gasteiger partial charge < -0.3 is 0 Å². The van der Waals surface area contributed by atoms with Gasteiger partial charge in [0.2, 0.25) is 0 Å². The monoisotopic (exact) mass is 714 g/mol. The van der Waals surface area contributed by atoms with Crippen molar-refractivity contribution >= 4 is 77.4 Å². The summed E-state index contributed by atoms with van der Waals surface area (Å²) in [4.78, 5) is 0. The summed E-state index contributed by atoms with van der Waals surface area (Å²) in [5, 5.41) is 7.78. The van der Waals surface area contributed by atoms with E-state index in [4.69, 9.17) is 0 Å². The molecular weight excluding hydrogens is 684 g/mol. The van der Waals surface area contributed by atoms with E-state index in [1.807, 2.05) is 0 Å². The van der Waals surface area contributed by atoms with Crippen LogP contribution in [-0.2, 0) is 0 Å². The molecule has 0 saturated carbocycles. The van der Waals surface area contributed by atoms with Gasteiger partial charge in [0.1, 0.15) is 0 Å². The predicted molar refractivity (Wildman–Crippen MR) is 218 cm³/mol. The van der Waals surface area contributed by atoms with Crippen molar-refractivity contribution in [3.63, 3.8) is 0 Å². The molecule has 0 radical (unpaired) electrons. The topological polar surface area (TPSA) is 9.86 Å². The average molecular weight is 714 g/mol. The Morgan fingerprint density at radius 3 is 1.63 bits per heavy atom. The van der Waals surface area contributed by atoms with E-state index in [0.29, 0.717) is 0 Å². The van der Waals surface area contributed by atoms with Crippen molar-refractivity contribution in [2.24, 2.45) is 0 Å². The van der Waals surface area contributed by atoms with Crippen LogP contribution in [0.15, 0.2) is 182 Å². The maximum absolute atomic E-state index is 2.57. The van der Waals surface area contributed by atoms with E-state index in [-0.39, 0.29) is 14.5 Å². The van der Waals surface area contributed by atoms with Gasteiger partial charge in [-0.1, -0.05) is 0 Å². The standard InChI is InChI=1S/C48H30N2Se/c1-2-13-31(14-3-1)32-15-12-16-33(29-32)35-27-28-46-47(40-20-7-11-24-45(40)51-46)48(35)50-43-23-10-6-19-38(43)39-26-25-34(30-44(39)50)49-41-21-8-4-17-36(41)37-18-5-9-22-42(37)49/h1-30H. The van der Waals surface area contributed by atoms with Crippen molar-refractivity contribution < 1.29 is 0 Å². The molecule has 0 N–H and O–H groups in total. The third-order valence-corrected chi connectivity index (χ3v) is 12.9. The summed E-state index contributed by atoms with van der Waals surface area (Å²) in [7, 11) is 0. The fourth-order valence-corrected chi connectivity index (χ4v) is 10.6. The number of aromatic nitrogens is 2. The third-order valence-electron chi connectivity index (χ3n) is 10.5. The SMILES string of the molecule is c1ccc(-c2cccc(-c3ccc4[se]c5ccccc5c4c3-n3c4ccccc4c4ccc(-n5c6ccccc6c6ccccc65)cc43)c2)cc1. The molecule has 3 heteroatoms. The molecule has 3 aromatic heterocycles. The molecule has 0 aliphatic carbocycles. The van der Waals surface area contributed by atoms with E-state index in [9.17, 15) is 0 Å². The van der Waals surface area contributed by atoms with Crippen LogP contribution in [0.4, 0.5) is 0 Å². The van der Waals surface area contributed by atoms with Crippen LogP contribution in [-0.4, -0.2) is 23.6 Å². The minimum absolute atomic E-state index is 0.234. The second-order valence-corrected chi connectivity index (χ2v) is 15.6. The maximum atomic E-state index is 2.57. The Kier molecular flexibility index (Phi) is 6.30. The predicted octanol–water partition coefficient (Wildman–Crippen LogP) is 12.6. The van der Waals surface area contributed by atoms with Gasteiger partial charge >= 0.3 is 302 Å². The summed E-state index contributed by atoms with van der Waals surface area (Å²) >= 11 is 0.234. The molecule has 0 aliphatic heterocycles. The number of para-hydroxylation sites is 3. The van der Waals surface area contributed by atoms with E-state index in [2.05, 4.69) is 191 Å². The van der Waals surface area contributed by atoms with Gasteiger partial charge in [0.05, 0.1) is 0 Å². The quantitative estimate of drug-likeness (QED) is 0.161. The van der Waals surface area contributed by atoms with Crippen molar-refractivity contribution in [3.8, 4) is 33.6 Å². The van der Waals surface area contributed by atoms with Gasteiger partial charge in [0, 0.05) is 0 Å². The molecule has 0 unspecified atom stereocenters. The zero-order chi connectivity index (χ0) is 33.5. The average Bonchev–Trinajstić information content (AvgIpc) is 3.85. The Morgan fingerprint density at radius 2 is 0.902 bits per heavy atom. The fourth-order valence-electron chi connectivity index (χ4n) is 8.30. The third kappa shape index (κ3) is 4.29. The summed E-state index contributed by atoms with van der Waals surface area (Å²) in [5.41, 5.74) is 12.2. The molecule has 8 aromatic carbocycles. The van der Waals surface area contributed by atoms with Gasteiger partial charge in [-0.2, -0.15) is 0 Å². The first-order chi connectivity index (χ1) is 25.3. The summed E-state index contributed by atoms with van der Waals surface area (Å²) in [5.74, 6) is 0. The van der Waals surface area contributed by atoms with Gasteiger partial charge in [-0.05, 0) is 0 Å². The molecule has 238 valence electrons. The van der Waals surface area contributed by atoms with E-state index in [1.165, 1.54) is 90.8 Å². The van der Waals surface area contributed by atoms with Crippen LogP contribution < -0.4 is 0 Å². The number of hydrogen-bond acceptors (Lipinski definition) is 0. The molecule has 0 amide bonds. The van der Waals surface area contributed by atoms with Crippen LogP contribution in [0.5, 0.6) is 0 Å². The molecule has 0 saturated heterocycles. The number of nitrogens with zero attached hydrogens (tertiary/aromatic N) is 2. The molecule has 0 fully saturated rings. The number of rotatable bonds is 4. The van der Waals surface area contributed by atoms with Crippen LogP contribution in [0.3, 0.4) is 0 Å². The van der Waals surface area contributed by atoms with Crippen LogP contribution in [0.25, 0.3) is 96.5 Å². The van der Waals surface area contributed by atoms with Gasteiger partial charge in [-0.15, -0.1) is 0 Å². The Bertz CT molecular complexity index is 3090. The molecule has 3 heterocycles. The van der Waals surface area contributed by atoms with Crippen LogP contribution in [0, 0.1) is 0 Å². The van der Waals surface area contributed by atoms with Crippen LogP contribution in [0.1, 0.15) is 0 Å². The normalized spacial score (nSPS) is 11.9. The molecule has 0 atom stereocenters. The Morgan fingerprint density at radius 1 is 0.333 bits per heavy atom. The summed E-state index contributed by atoms with van der Waals surface area (Å²) < 4.78 is 7.89. The minimum atomic E-state index is 0.234. The van der Waals surface area contributed by atoms with E-state index in [1.54, 1.807) is 0 Å². The molecular formula is C48H30N2Se. The molecule has 0 spiro atoms. The first-order valence-corrected chi connectivity index (χ1v) is 19.2. The van der Waals surface area contributed by atoms with E-state index in [0.717, 1.165) is 5.69 Å². The first-order valence-electron chi connectivity index (χ1n) is 17.4. The van der Waals surface area contributed by atoms with Crippen molar-refractivity contribution in [2.75, 3.05) is 0 Å². The van der Waals surface area contributed by atoms with Crippen molar-refractivity contribution in [1.82, 2.24) is 9.13 Å². The Labute approximate surface area is 300 Å². The second kappa shape index (κ2) is 11.2. The first kappa shape index (κ1) is 28.7. The molecule has 0 aliphatic rings. The van der Waals surface area contributed by atoms with Crippen molar-refractivity contribution in [1.29, 1.82) is 0 Å². The van der Waals surface area contributed by atoms with Crippen molar-refractivity contribution in [2.45, 2.75) is 0 Å². The fraction of sp³-hybridized carbons (Fsp3) is 0. The van der Waals surface area contributed by atoms with Crippen molar-refractivity contribution in [3.05, 3.63) is 182 Å². The van der Waals surface area contributed by atoms with Gasteiger partial charge in [-0.3, -0.25) is 0 Å². The molecule has 0 bridgehead atoms. The molecule has 2 nitrogen and oxygen atoms in total. The second-order valence-electron chi connectivity index (χ2n) is 13.3. The van der Waals surface area contributed by atoms with Crippen LogP contribution >= 0.6 is 0 Å².